The van der Waals surface area contributed by atoms with E-state index in [9.17, 15) is 7.86 Å². The number of carboxylic acids is 1. The maximum Gasteiger partial charge on any atom is 0.338 e. The van der Waals surface area contributed by atoms with Gasteiger partial charge in [0.1, 0.15) is 0 Å². The van der Waals surface area contributed by atoms with Crippen molar-refractivity contribution in [2.24, 2.45) is 0 Å². The summed E-state index contributed by atoms with van der Waals surface area (Å²) in [6, 6.07) is 7.18. The fourth-order valence-corrected chi connectivity index (χ4v) is 4.49. The Morgan fingerprint density at radius 2 is 1.88 bits per heavy atom. The molecular formula is C11H5Br2IO3. The van der Waals surface area contributed by atoms with Crippen LogP contribution in [0.5, 0.6) is 0 Å². The van der Waals surface area contributed by atoms with Gasteiger partial charge in [-0.15, -0.1) is 0 Å². The van der Waals surface area contributed by atoms with Crippen molar-refractivity contribution in [1.29, 1.82) is 0 Å². The molecule has 0 bridgehead atoms. The van der Waals surface area contributed by atoms with Crippen LogP contribution in [0.1, 0.15) is 10.4 Å². The van der Waals surface area contributed by atoms with E-state index < -0.39 is 27.2 Å². The van der Waals surface area contributed by atoms with Crippen molar-refractivity contribution in [3.8, 4) is 0 Å². The predicted octanol–water partition coefficient (Wildman–Crippen LogP) is 4.55. The molecule has 0 saturated heterocycles. The first-order valence-corrected chi connectivity index (χ1v) is 8.02. The Morgan fingerprint density at radius 3 is 2.47 bits per heavy atom. The highest BCUT2D eigenvalue weighted by Gasteiger charge is 2.19. The Kier molecular flexibility index (Phi) is 3.94. The Morgan fingerprint density at radius 1 is 1.18 bits per heavy atom. The van der Waals surface area contributed by atoms with Crippen LogP contribution in [0.2, 0.25) is 0 Å². The minimum atomic E-state index is -1.56. The van der Waals surface area contributed by atoms with E-state index in [0.717, 1.165) is 15.2 Å². The lowest BCUT2D eigenvalue weighted by Crippen LogP contribution is -2.02. The quantitative estimate of drug-likeness (QED) is 0.654. The van der Waals surface area contributed by atoms with Gasteiger partial charge in [0, 0.05) is 8.95 Å². The lowest BCUT2D eigenvalue weighted by molar-refractivity contribution is 0.0695. The van der Waals surface area contributed by atoms with Crippen LogP contribution in [-0.4, -0.2) is 11.1 Å². The molecule has 17 heavy (non-hydrogen) atoms. The molecule has 0 heterocycles. The van der Waals surface area contributed by atoms with Gasteiger partial charge in [0.15, 0.2) is 21.2 Å². The molecule has 2 aromatic rings. The summed E-state index contributed by atoms with van der Waals surface area (Å²) in [6.45, 7) is 0. The average molecular weight is 472 g/mol. The third kappa shape index (κ3) is 2.30. The molecule has 2 aromatic carbocycles. The first-order chi connectivity index (χ1) is 8.06. The molecule has 0 atom stereocenters. The van der Waals surface area contributed by atoms with Crippen LogP contribution < -0.4 is 0 Å². The van der Waals surface area contributed by atoms with E-state index in [1.165, 1.54) is 0 Å². The molecule has 0 aliphatic rings. The van der Waals surface area contributed by atoms with Crippen molar-refractivity contribution < 1.29 is 13.0 Å². The van der Waals surface area contributed by atoms with E-state index in [2.05, 4.69) is 31.9 Å². The van der Waals surface area contributed by atoms with Gasteiger partial charge in [-0.3, -0.25) is 3.07 Å². The average Bonchev–Trinajstić information content (AvgIpc) is 2.28. The Hall–Kier alpha value is -0.340. The van der Waals surface area contributed by atoms with E-state index >= 15 is 0 Å². The summed E-state index contributed by atoms with van der Waals surface area (Å²) in [5.74, 6) is -1.07. The van der Waals surface area contributed by atoms with Gasteiger partial charge in [-0.05, 0) is 38.8 Å². The zero-order chi connectivity index (χ0) is 12.6. The standard InChI is InChI=1S/C11H5Br2IO3/c12-7-3-1-2-5-6(7)4-8(13)9(11(15)16)10(5)14-17/h1-4H,(H,15,16). The molecule has 0 fully saturated rings. The maximum atomic E-state index is 11.3. The van der Waals surface area contributed by atoms with Crippen LogP contribution in [-0.2, 0) is 3.07 Å². The largest absolute Gasteiger partial charge is 0.478 e. The van der Waals surface area contributed by atoms with Crippen LogP contribution in [0.15, 0.2) is 33.2 Å². The third-order valence-corrected chi connectivity index (χ3v) is 5.19. The van der Waals surface area contributed by atoms with E-state index in [1.54, 1.807) is 18.2 Å². The molecule has 88 valence electrons. The van der Waals surface area contributed by atoms with Crippen molar-refractivity contribution >= 4 is 69.8 Å². The van der Waals surface area contributed by atoms with Gasteiger partial charge in [-0.25, -0.2) is 4.79 Å². The van der Waals surface area contributed by atoms with Crippen molar-refractivity contribution in [3.05, 3.63) is 42.3 Å². The Bertz CT molecular complexity index is 640. The van der Waals surface area contributed by atoms with Crippen LogP contribution in [0.25, 0.3) is 10.8 Å². The molecule has 0 spiro atoms. The van der Waals surface area contributed by atoms with Gasteiger partial charge < -0.3 is 5.11 Å². The lowest BCUT2D eigenvalue weighted by atomic mass is 10.1. The highest BCUT2D eigenvalue weighted by Crippen LogP contribution is 2.35. The number of carbonyl (C=O) groups is 1. The van der Waals surface area contributed by atoms with E-state index in [4.69, 9.17) is 5.11 Å². The van der Waals surface area contributed by atoms with Gasteiger partial charge in [0.25, 0.3) is 0 Å². The minimum absolute atomic E-state index is 0.0957. The summed E-state index contributed by atoms with van der Waals surface area (Å²) in [4.78, 5) is 11.2. The molecule has 0 aliphatic carbocycles. The molecule has 0 unspecified atom stereocenters. The summed E-state index contributed by atoms with van der Waals surface area (Å²) >= 11 is 5.06. The molecule has 3 nitrogen and oxygen atoms in total. The number of hydrogen-bond donors (Lipinski definition) is 1. The van der Waals surface area contributed by atoms with E-state index in [-0.39, 0.29) is 5.56 Å². The van der Waals surface area contributed by atoms with Gasteiger partial charge in [-0.2, -0.15) is 0 Å². The zero-order valence-corrected chi connectivity index (χ0v) is 13.5. The molecule has 6 heteroatoms. The van der Waals surface area contributed by atoms with E-state index in [1.807, 2.05) is 6.07 Å². The fourth-order valence-electron chi connectivity index (χ4n) is 1.59. The molecule has 2 rings (SSSR count). The van der Waals surface area contributed by atoms with Crippen molar-refractivity contribution in [2.75, 3.05) is 0 Å². The lowest BCUT2D eigenvalue weighted by Gasteiger charge is -2.08. The molecule has 0 aromatic heterocycles. The third-order valence-electron chi connectivity index (χ3n) is 2.31. The monoisotopic (exact) mass is 470 g/mol. The number of halogens is 3. The molecule has 0 aliphatic heterocycles. The second kappa shape index (κ2) is 5.11. The summed E-state index contributed by atoms with van der Waals surface area (Å²) in [7, 11) is 0. The van der Waals surface area contributed by atoms with Crippen molar-refractivity contribution in [1.82, 2.24) is 0 Å². The number of benzene rings is 2. The molecule has 0 radical (unpaired) electrons. The number of carboxylic acid groups (broad SMARTS) is 1. The number of rotatable bonds is 2. The van der Waals surface area contributed by atoms with Crippen LogP contribution in [0, 0.1) is 3.57 Å². The van der Waals surface area contributed by atoms with Crippen LogP contribution in [0.3, 0.4) is 0 Å². The highest BCUT2D eigenvalue weighted by atomic mass is 127. The summed E-state index contributed by atoms with van der Waals surface area (Å²) in [5.41, 5.74) is 0.0957. The molecule has 0 saturated carbocycles. The second-order valence-corrected chi connectivity index (χ2v) is 6.49. The SMILES string of the molecule is O=Ic1c(C(=O)O)c(Br)cc2c(Br)cccc12. The van der Waals surface area contributed by atoms with Crippen molar-refractivity contribution in [3.63, 3.8) is 0 Å². The number of hydrogen-bond acceptors (Lipinski definition) is 2. The second-order valence-electron chi connectivity index (χ2n) is 3.26. The molecule has 0 amide bonds. The maximum absolute atomic E-state index is 11.3. The predicted molar refractivity (Wildman–Crippen MR) is 79.7 cm³/mol. The summed E-state index contributed by atoms with van der Waals surface area (Å²) in [5, 5.41) is 10.7. The van der Waals surface area contributed by atoms with Gasteiger partial charge >= 0.3 is 5.97 Å². The summed E-state index contributed by atoms with van der Waals surface area (Å²) < 4.78 is 13.1. The first-order valence-electron chi connectivity index (χ1n) is 4.47. The van der Waals surface area contributed by atoms with Crippen LogP contribution in [0.4, 0.5) is 0 Å². The van der Waals surface area contributed by atoms with Gasteiger partial charge in [-0.1, -0.05) is 28.1 Å². The molecular weight excluding hydrogens is 467 g/mol. The van der Waals surface area contributed by atoms with Gasteiger partial charge in [0.2, 0.25) is 0 Å². The Balaban J connectivity index is 3.00. The summed E-state index contributed by atoms with van der Waals surface area (Å²) in [6.07, 6.45) is 0. The van der Waals surface area contributed by atoms with Gasteiger partial charge in [0.05, 0.1) is 9.13 Å². The smallest absolute Gasteiger partial charge is 0.338 e. The minimum Gasteiger partial charge on any atom is -0.478 e. The first kappa shape index (κ1) is 13.1. The topological polar surface area (TPSA) is 54.4 Å². The zero-order valence-electron chi connectivity index (χ0n) is 8.21. The fraction of sp³-hybridized carbons (Fsp3) is 0. The normalized spacial score (nSPS) is 10.7. The van der Waals surface area contributed by atoms with Crippen LogP contribution >= 0.6 is 53.1 Å². The van der Waals surface area contributed by atoms with Crippen molar-refractivity contribution in [2.45, 2.75) is 0 Å². The number of aromatic carboxylic acids is 1. The molecule has 1 N–H and O–H groups in total. The van der Waals surface area contributed by atoms with E-state index in [0.29, 0.717) is 8.04 Å². The highest BCUT2D eigenvalue weighted by molar-refractivity contribution is 14.1. The Labute approximate surface area is 124 Å². The number of fused-ring (bicyclic) bond motifs is 1.